The Bertz CT molecular complexity index is 1860. The standard InChI is InChI=1S/C34H37N9O3/c1-19(2)29(42-34(45)46)33(44)43-14-4-6-28(43)32-38-18-27(41-32)20-7-9-21(10-8-20)30-36-16-23(17-37-30)22-11-12-24-26(15-22)40-31(39-24)25-5-3-13-35-25/h7-12,15-19,25,28-29,35,42H,3-6,13-14H2,1-2H3,(H,38,41)(H,39,40)(H,45,46)/t25-,28-,29-/m0/s1. The number of likely N-dealkylation sites (tertiary alicyclic amines) is 1. The Morgan fingerprint density at radius 3 is 2.37 bits per heavy atom. The highest BCUT2D eigenvalue weighted by Crippen LogP contribution is 2.33. The van der Waals surface area contributed by atoms with Gasteiger partial charge in [-0.05, 0) is 61.4 Å². The molecule has 0 aliphatic carbocycles. The summed E-state index contributed by atoms with van der Waals surface area (Å²) in [5.74, 6) is 1.93. The first-order chi connectivity index (χ1) is 22.3. The molecule has 3 atom stereocenters. The number of carbonyl (C=O) groups is 2. The Morgan fingerprint density at radius 1 is 0.891 bits per heavy atom. The summed E-state index contributed by atoms with van der Waals surface area (Å²) in [7, 11) is 0. The lowest BCUT2D eigenvalue weighted by atomic mass is 10.0. The van der Waals surface area contributed by atoms with Crippen LogP contribution in [0.15, 0.2) is 61.1 Å². The van der Waals surface area contributed by atoms with Crippen LogP contribution in [0.1, 0.15) is 63.3 Å². The average Bonchev–Trinajstić information content (AvgIpc) is 3.89. The van der Waals surface area contributed by atoms with Gasteiger partial charge in [0.1, 0.15) is 17.7 Å². The average molecular weight is 620 g/mol. The molecule has 0 radical (unpaired) electrons. The van der Waals surface area contributed by atoms with E-state index in [1.807, 2.05) is 56.6 Å². The van der Waals surface area contributed by atoms with E-state index in [1.165, 1.54) is 6.42 Å². The summed E-state index contributed by atoms with van der Waals surface area (Å²) in [4.78, 5) is 51.9. The zero-order valence-electron chi connectivity index (χ0n) is 25.8. The molecule has 2 aliphatic heterocycles. The highest BCUT2D eigenvalue weighted by atomic mass is 16.4. The van der Waals surface area contributed by atoms with Gasteiger partial charge >= 0.3 is 6.09 Å². The zero-order valence-corrected chi connectivity index (χ0v) is 25.8. The molecule has 0 unspecified atom stereocenters. The number of carboxylic acid groups (broad SMARTS) is 1. The fourth-order valence-electron chi connectivity index (χ4n) is 6.51. The van der Waals surface area contributed by atoms with Crippen molar-refractivity contribution in [1.82, 2.24) is 45.4 Å². The predicted molar refractivity (Wildman–Crippen MR) is 174 cm³/mol. The van der Waals surface area contributed by atoms with Gasteiger partial charge in [0, 0.05) is 30.1 Å². The fraction of sp³-hybridized carbons (Fsp3) is 0.353. The number of H-pyrrole nitrogens is 2. The van der Waals surface area contributed by atoms with Crippen molar-refractivity contribution in [2.75, 3.05) is 13.1 Å². The molecule has 46 heavy (non-hydrogen) atoms. The van der Waals surface area contributed by atoms with E-state index in [4.69, 9.17) is 4.98 Å². The van der Waals surface area contributed by atoms with Gasteiger partial charge < -0.3 is 30.6 Å². The van der Waals surface area contributed by atoms with Crippen molar-refractivity contribution in [1.29, 1.82) is 0 Å². The molecule has 12 heteroatoms. The second-order valence-electron chi connectivity index (χ2n) is 12.4. The van der Waals surface area contributed by atoms with Crippen molar-refractivity contribution in [3.05, 3.63) is 72.7 Å². The number of hydrogen-bond donors (Lipinski definition) is 5. The first kappa shape index (κ1) is 29.6. The number of benzene rings is 2. The van der Waals surface area contributed by atoms with Gasteiger partial charge in [0.05, 0.1) is 35.0 Å². The number of fused-ring (bicyclic) bond motifs is 1. The SMILES string of the molecule is CC(C)[C@H](NC(=O)O)C(=O)N1CCC[C@H]1c1ncc(-c2ccc(-c3ncc(-c4ccc5nc([C@@H]6CCCN6)[nH]c5c4)cn3)cc2)[nH]1. The summed E-state index contributed by atoms with van der Waals surface area (Å²) in [6.07, 6.45) is 8.12. The number of aromatic nitrogens is 6. The van der Waals surface area contributed by atoms with Crippen LogP contribution in [-0.4, -0.2) is 71.0 Å². The van der Waals surface area contributed by atoms with E-state index >= 15 is 0 Å². The molecule has 2 fully saturated rings. The van der Waals surface area contributed by atoms with E-state index in [1.54, 1.807) is 11.1 Å². The molecule has 0 saturated carbocycles. The normalized spacial score (nSPS) is 18.8. The van der Waals surface area contributed by atoms with Crippen LogP contribution in [0.5, 0.6) is 0 Å². The summed E-state index contributed by atoms with van der Waals surface area (Å²) in [6.45, 7) is 5.27. The molecule has 2 amide bonds. The molecule has 7 rings (SSSR count). The summed E-state index contributed by atoms with van der Waals surface area (Å²) >= 11 is 0. The zero-order chi connectivity index (χ0) is 31.8. The lowest BCUT2D eigenvalue weighted by Gasteiger charge is -2.29. The van der Waals surface area contributed by atoms with Crippen LogP contribution in [0.2, 0.25) is 0 Å². The molecule has 5 heterocycles. The lowest BCUT2D eigenvalue weighted by Crippen LogP contribution is -2.50. The molecule has 2 saturated heterocycles. The molecule has 0 bridgehead atoms. The summed E-state index contributed by atoms with van der Waals surface area (Å²) in [5, 5.41) is 15.1. The van der Waals surface area contributed by atoms with Gasteiger partial charge in [-0.1, -0.05) is 44.2 Å². The molecule has 2 aliphatic rings. The molecule has 2 aromatic carbocycles. The van der Waals surface area contributed by atoms with Crippen LogP contribution in [0.3, 0.4) is 0 Å². The molecule has 0 spiro atoms. The number of carbonyl (C=O) groups excluding carboxylic acids is 1. The number of nitrogens with zero attached hydrogens (tertiary/aromatic N) is 5. The first-order valence-corrected chi connectivity index (χ1v) is 15.8. The number of hydrogen-bond acceptors (Lipinski definition) is 7. The highest BCUT2D eigenvalue weighted by Gasteiger charge is 2.37. The quantitative estimate of drug-likeness (QED) is 0.153. The molecular formula is C34H37N9O3. The van der Waals surface area contributed by atoms with Gasteiger partial charge in [-0.3, -0.25) is 4.79 Å². The Morgan fingerprint density at radius 2 is 1.65 bits per heavy atom. The highest BCUT2D eigenvalue weighted by molar-refractivity contribution is 5.86. The molecule has 3 aromatic heterocycles. The molecule has 12 nitrogen and oxygen atoms in total. The van der Waals surface area contributed by atoms with Crippen LogP contribution in [0.25, 0.3) is 44.8 Å². The maximum atomic E-state index is 13.3. The molecule has 236 valence electrons. The van der Waals surface area contributed by atoms with Gasteiger partial charge in [0.2, 0.25) is 5.91 Å². The lowest BCUT2D eigenvalue weighted by molar-refractivity contribution is -0.135. The topological polar surface area (TPSA) is 165 Å². The van der Waals surface area contributed by atoms with E-state index in [9.17, 15) is 14.7 Å². The van der Waals surface area contributed by atoms with Crippen LogP contribution in [-0.2, 0) is 4.79 Å². The molecule has 5 aromatic rings. The number of nitrogens with one attached hydrogen (secondary N) is 4. The number of rotatable bonds is 8. The van der Waals surface area contributed by atoms with Crippen LogP contribution in [0, 0.1) is 5.92 Å². The van der Waals surface area contributed by atoms with Crippen LogP contribution >= 0.6 is 0 Å². The van der Waals surface area contributed by atoms with Crippen molar-refractivity contribution in [2.24, 2.45) is 5.92 Å². The Labute approximate surface area is 266 Å². The monoisotopic (exact) mass is 619 g/mol. The van der Waals surface area contributed by atoms with Crippen LogP contribution in [0.4, 0.5) is 4.79 Å². The third kappa shape index (κ3) is 5.83. The molecule has 5 N–H and O–H groups in total. The minimum atomic E-state index is -1.20. The largest absolute Gasteiger partial charge is 0.465 e. The van der Waals surface area contributed by atoms with Gasteiger partial charge in [-0.25, -0.2) is 24.7 Å². The van der Waals surface area contributed by atoms with Crippen molar-refractivity contribution in [3.8, 4) is 33.8 Å². The van der Waals surface area contributed by atoms with E-state index in [-0.39, 0.29) is 17.9 Å². The van der Waals surface area contributed by atoms with Crippen LogP contribution < -0.4 is 10.6 Å². The maximum absolute atomic E-state index is 13.3. The minimum Gasteiger partial charge on any atom is -0.465 e. The Kier molecular flexibility index (Phi) is 7.95. The second-order valence-corrected chi connectivity index (χ2v) is 12.4. The fourth-order valence-corrected chi connectivity index (χ4v) is 6.51. The van der Waals surface area contributed by atoms with E-state index in [2.05, 4.69) is 47.7 Å². The third-order valence-electron chi connectivity index (χ3n) is 8.99. The Balaban J connectivity index is 1.04. The number of amides is 2. The van der Waals surface area contributed by atoms with Gasteiger partial charge in [0.15, 0.2) is 5.82 Å². The van der Waals surface area contributed by atoms with Gasteiger partial charge in [0.25, 0.3) is 0 Å². The Hall–Kier alpha value is -5.10. The minimum absolute atomic E-state index is 0.172. The predicted octanol–water partition coefficient (Wildman–Crippen LogP) is 5.46. The van der Waals surface area contributed by atoms with Crippen molar-refractivity contribution < 1.29 is 14.7 Å². The number of aromatic amines is 2. The second kappa shape index (κ2) is 12.4. The molecular weight excluding hydrogens is 582 g/mol. The maximum Gasteiger partial charge on any atom is 0.405 e. The van der Waals surface area contributed by atoms with E-state index in [0.717, 1.165) is 70.6 Å². The van der Waals surface area contributed by atoms with Crippen molar-refractivity contribution in [2.45, 2.75) is 57.7 Å². The van der Waals surface area contributed by atoms with E-state index in [0.29, 0.717) is 24.2 Å². The van der Waals surface area contributed by atoms with E-state index < -0.39 is 12.1 Å². The number of imidazole rings is 2. The van der Waals surface area contributed by atoms with Gasteiger partial charge in [-0.15, -0.1) is 0 Å². The van der Waals surface area contributed by atoms with Crippen molar-refractivity contribution in [3.63, 3.8) is 0 Å². The summed E-state index contributed by atoms with van der Waals surface area (Å²) < 4.78 is 0. The van der Waals surface area contributed by atoms with Gasteiger partial charge in [-0.2, -0.15) is 0 Å². The first-order valence-electron chi connectivity index (χ1n) is 15.8. The third-order valence-corrected chi connectivity index (χ3v) is 8.99. The van der Waals surface area contributed by atoms with Crippen molar-refractivity contribution >= 4 is 23.0 Å². The summed E-state index contributed by atoms with van der Waals surface area (Å²) in [6, 6.07) is 13.4. The smallest absolute Gasteiger partial charge is 0.405 e. The summed E-state index contributed by atoms with van der Waals surface area (Å²) in [5.41, 5.74) is 6.59.